The number of benzene rings is 2. The van der Waals surface area contributed by atoms with Gasteiger partial charge in [-0.3, -0.25) is 9.52 Å². The van der Waals surface area contributed by atoms with Crippen LogP contribution in [0.1, 0.15) is 18.9 Å². The van der Waals surface area contributed by atoms with Crippen molar-refractivity contribution >= 4 is 71.1 Å². The molecule has 2 N–H and O–H groups in total. The molecule has 8 nitrogen and oxygen atoms in total. The molecule has 0 saturated carbocycles. The van der Waals surface area contributed by atoms with Crippen molar-refractivity contribution in [1.29, 1.82) is 0 Å². The van der Waals surface area contributed by atoms with Crippen molar-refractivity contribution in [2.75, 3.05) is 10.0 Å². The van der Waals surface area contributed by atoms with Gasteiger partial charge in [0.15, 0.2) is 5.13 Å². The molecule has 0 bridgehead atoms. The summed E-state index contributed by atoms with van der Waals surface area (Å²) in [5, 5.41) is 3.22. The molecule has 0 radical (unpaired) electrons. The minimum absolute atomic E-state index is 0.0803. The van der Waals surface area contributed by atoms with Gasteiger partial charge in [-0.25, -0.2) is 13.4 Å². The summed E-state index contributed by atoms with van der Waals surface area (Å²) in [5.74, 6) is -0.123. The Morgan fingerprint density at radius 3 is 2.79 bits per heavy atom. The Bertz CT molecular complexity index is 1310. The van der Waals surface area contributed by atoms with Crippen molar-refractivity contribution in [3.8, 4) is 0 Å². The molecule has 2 aromatic carbocycles. The molecule has 4 aromatic rings. The number of aryl methyl sites for hydroxylation is 1. The van der Waals surface area contributed by atoms with Crippen LogP contribution in [0.2, 0.25) is 0 Å². The highest BCUT2D eigenvalue weighted by Crippen LogP contribution is 2.32. The van der Waals surface area contributed by atoms with Crippen LogP contribution in [-0.4, -0.2) is 28.1 Å². The summed E-state index contributed by atoms with van der Waals surface area (Å²) < 4.78 is 37.4. The van der Waals surface area contributed by atoms with Gasteiger partial charge >= 0.3 is 0 Å². The fourth-order valence-corrected chi connectivity index (χ4v) is 5.53. The molecule has 2 aromatic heterocycles. The molecule has 0 unspecified atom stereocenters. The van der Waals surface area contributed by atoms with E-state index >= 15 is 0 Å². The van der Waals surface area contributed by atoms with E-state index < -0.39 is 10.0 Å². The number of nitrogens with zero attached hydrogens (tertiary/aromatic N) is 3. The molecule has 144 valence electrons. The lowest BCUT2D eigenvalue weighted by atomic mass is 10.2. The molecule has 0 aliphatic rings. The number of nitrogens with one attached hydrogen (secondary N) is 2. The summed E-state index contributed by atoms with van der Waals surface area (Å²) in [5.41, 5.74) is 2.84. The van der Waals surface area contributed by atoms with Gasteiger partial charge in [-0.05, 0) is 36.8 Å². The number of fused-ring (bicyclic) bond motifs is 2. The third-order valence-electron chi connectivity index (χ3n) is 4.04. The predicted molar refractivity (Wildman–Crippen MR) is 112 cm³/mol. The van der Waals surface area contributed by atoms with Crippen LogP contribution in [0.4, 0.5) is 10.8 Å². The Balaban J connectivity index is 1.71. The largest absolute Gasteiger partial charge is 0.302 e. The molecule has 0 saturated heterocycles. The second-order valence-corrected chi connectivity index (χ2v) is 9.26. The van der Waals surface area contributed by atoms with E-state index in [1.54, 1.807) is 31.2 Å². The van der Waals surface area contributed by atoms with E-state index in [9.17, 15) is 13.2 Å². The lowest BCUT2D eigenvalue weighted by Gasteiger charge is -2.09. The summed E-state index contributed by atoms with van der Waals surface area (Å²) in [6.45, 7) is 3.61. The van der Waals surface area contributed by atoms with E-state index in [1.807, 2.05) is 6.92 Å². The molecule has 28 heavy (non-hydrogen) atoms. The van der Waals surface area contributed by atoms with Gasteiger partial charge in [0, 0.05) is 6.42 Å². The standard InChI is InChI=1S/C17H15N5O3S3/c1-3-14(23)18-17-19-15-9(2)7-10(8-12(15)26-17)22-28(24,25)13-6-4-5-11-16(13)21-27-20-11/h4-8,22H,3H2,1-2H3,(H,18,19,23). The smallest absolute Gasteiger partial charge is 0.264 e. The summed E-state index contributed by atoms with van der Waals surface area (Å²) in [7, 11) is -3.84. The molecule has 0 atom stereocenters. The van der Waals surface area contributed by atoms with Crippen molar-refractivity contribution in [3.63, 3.8) is 0 Å². The number of carbonyl (C=O) groups excluding carboxylic acids is 1. The van der Waals surface area contributed by atoms with Gasteiger partial charge < -0.3 is 5.32 Å². The van der Waals surface area contributed by atoms with Crippen molar-refractivity contribution in [3.05, 3.63) is 35.9 Å². The third-order valence-corrected chi connectivity index (χ3v) is 6.92. The zero-order valence-electron chi connectivity index (χ0n) is 14.9. The number of hydrogen-bond acceptors (Lipinski definition) is 8. The summed E-state index contributed by atoms with van der Waals surface area (Å²) in [6.07, 6.45) is 0.358. The van der Waals surface area contributed by atoms with Gasteiger partial charge in [0.25, 0.3) is 10.0 Å². The zero-order valence-corrected chi connectivity index (χ0v) is 17.3. The molecule has 0 fully saturated rings. The van der Waals surface area contributed by atoms with Crippen LogP contribution in [0, 0.1) is 6.92 Å². The van der Waals surface area contributed by atoms with Crippen LogP contribution in [-0.2, 0) is 14.8 Å². The summed E-state index contributed by atoms with van der Waals surface area (Å²) in [6, 6.07) is 8.28. The van der Waals surface area contributed by atoms with Gasteiger partial charge in [0.05, 0.1) is 27.6 Å². The number of hydrogen-bond donors (Lipinski definition) is 2. The first-order valence-corrected chi connectivity index (χ1v) is 11.4. The quantitative estimate of drug-likeness (QED) is 0.495. The summed E-state index contributed by atoms with van der Waals surface area (Å²) >= 11 is 2.27. The first kappa shape index (κ1) is 18.7. The summed E-state index contributed by atoms with van der Waals surface area (Å²) in [4.78, 5) is 16.1. The molecule has 0 aliphatic heterocycles. The molecule has 4 rings (SSSR count). The first-order chi connectivity index (χ1) is 13.4. The molecular weight excluding hydrogens is 418 g/mol. The highest BCUT2D eigenvalue weighted by Gasteiger charge is 2.20. The Kier molecular flexibility index (Phi) is 4.73. The second-order valence-electron chi connectivity index (χ2n) is 6.05. The Morgan fingerprint density at radius 1 is 1.18 bits per heavy atom. The fourth-order valence-electron chi connectivity index (χ4n) is 2.73. The van der Waals surface area contributed by atoms with Gasteiger partial charge in [-0.2, -0.15) is 8.75 Å². The zero-order chi connectivity index (χ0) is 19.9. The van der Waals surface area contributed by atoms with E-state index in [4.69, 9.17) is 0 Å². The molecule has 1 amide bonds. The minimum atomic E-state index is -3.84. The van der Waals surface area contributed by atoms with Gasteiger partial charge in [0.1, 0.15) is 15.9 Å². The molecule has 0 spiro atoms. The molecule has 2 heterocycles. The molecule has 11 heteroatoms. The minimum Gasteiger partial charge on any atom is -0.302 e. The number of carbonyl (C=O) groups is 1. The molecular formula is C17H15N5O3S3. The Morgan fingerprint density at radius 2 is 2.00 bits per heavy atom. The first-order valence-electron chi connectivity index (χ1n) is 8.32. The normalized spacial score (nSPS) is 11.8. The number of aromatic nitrogens is 3. The van der Waals surface area contributed by atoms with E-state index in [-0.39, 0.29) is 10.8 Å². The number of anilines is 2. The maximum atomic E-state index is 12.9. The highest BCUT2D eigenvalue weighted by atomic mass is 32.2. The number of sulfonamides is 1. The second kappa shape index (κ2) is 7.08. The van der Waals surface area contributed by atoms with Crippen molar-refractivity contribution in [1.82, 2.24) is 13.7 Å². The van der Waals surface area contributed by atoms with E-state index in [1.165, 1.54) is 17.4 Å². The number of thiazole rings is 1. The third kappa shape index (κ3) is 3.43. The van der Waals surface area contributed by atoms with Crippen LogP contribution in [0.5, 0.6) is 0 Å². The van der Waals surface area contributed by atoms with Crippen LogP contribution in [0.25, 0.3) is 21.3 Å². The highest BCUT2D eigenvalue weighted by molar-refractivity contribution is 7.93. The van der Waals surface area contributed by atoms with Crippen LogP contribution < -0.4 is 10.0 Å². The molecule has 0 aliphatic carbocycles. The van der Waals surface area contributed by atoms with Gasteiger partial charge in [-0.1, -0.05) is 24.3 Å². The maximum absolute atomic E-state index is 12.9. The van der Waals surface area contributed by atoms with E-state index in [0.29, 0.717) is 28.3 Å². The van der Waals surface area contributed by atoms with Crippen LogP contribution in [0.15, 0.2) is 35.2 Å². The van der Waals surface area contributed by atoms with Crippen molar-refractivity contribution < 1.29 is 13.2 Å². The lowest BCUT2D eigenvalue weighted by Crippen LogP contribution is -2.13. The SMILES string of the molecule is CCC(=O)Nc1nc2c(C)cc(NS(=O)(=O)c3cccc4nsnc34)cc2s1. The van der Waals surface area contributed by atoms with Crippen LogP contribution in [0.3, 0.4) is 0 Å². The lowest BCUT2D eigenvalue weighted by molar-refractivity contribution is -0.115. The van der Waals surface area contributed by atoms with Crippen molar-refractivity contribution in [2.45, 2.75) is 25.2 Å². The monoisotopic (exact) mass is 433 g/mol. The van der Waals surface area contributed by atoms with Crippen molar-refractivity contribution in [2.24, 2.45) is 0 Å². The van der Waals surface area contributed by atoms with E-state index in [0.717, 1.165) is 27.5 Å². The Hall–Kier alpha value is -2.63. The number of amides is 1. The number of rotatable bonds is 5. The maximum Gasteiger partial charge on any atom is 0.264 e. The topological polar surface area (TPSA) is 114 Å². The van der Waals surface area contributed by atoms with Gasteiger partial charge in [0.2, 0.25) is 5.91 Å². The predicted octanol–water partition coefficient (Wildman–Crippen LogP) is 3.76. The average molecular weight is 434 g/mol. The fraction of sp³-hybridized carbons (Fsp3) is 0.176. The average Bonchev–Trinajstić information content (AvgIpc) is 3.27. The van der Waals surface area contributed by atoms with Crippen LogP contribution >= 0.6 is 23.1 Å². The van der Waals surface area contributed by atoms with E-state index in [2.05, 4.69) is 23.8 Å². The Labute approximate surface area is 169 Å². The van der Waals surface area contributed by atoms with Gasteiger partial charge in [-0.15, -0.1) is 0 Å².